The maximum Gasteiger partial charge on any atom is 0.0681 e. The molecule has 2 nitrogen and oxygen atoms in total. The molecule has 1 aromatic carbocycles. The first kappa shape index (κ1) is 10.2. The first-order valence-electron chi connectivity index (χ1n) is 6.25. The molecule has 2 unspecified atom stereocenters. The molecule has 1 aliphatic carbocycles. The molecule has 1 heterocycles. The molecule has 2 aliphatic rings. The van der Waals surface area contributed by atoms with Gasteiger partial charge in [-0.25, -0.2) is 0 Å². The third-order valence-electron chi connectivity index (χ3n) is 4.16. The van der Waals surface area contributed by atoms with Crippen LogP contribution in [0.5, 0.6) is 0 Å². The molecule has 0 amide bonds. The molecule has 3 rings (SSSR count). The van der Waals surface area contributed by atoms with Crippen molar-refractivity contribution >= 4 is 5.69 Å². The predicted octanol–water partition coefficient (Wildman–Crippen LogP) is 2.48. The fourth-order valence-electron chi connectivity index (χ4n) is 3.36. The Morgan fingerprint density at radius 1 is 1.38 bits per heavy atom. The minimum atomic E-state index is 0.146. The molecular weight excluding hydrogens is 198 g/mol. The van der Waals surface area contributed by atoms with Gasteiger partial charge in [-0.1, -0.05) is 12.1 Å². The molecule has 1 saturated carbocycles. The summed E-state index contributed by atoms with van der Waals surface area (Å²) < 4.78 is 0. The van der Waals surface area contributed by atoms with Crippen LogP contribution in [0, 0.1) is 12.8 Å². The number of aliphatic hydroxyl groups excluding tert-OH is 1. The largest absolute Gasteiger partial charge is 0.392 e. The van der Waals surface area contributed by atoms with Crippen LogP contribution in [-0.2, 0) is 6.61 Å². The smallest absolute Gasteiger partial charge is 0.0681 e. The first-order valence-corrected chi connectivity index (χ1v) is 6.25. The van der Waals surface area contributed by atoms with E-state index in [-0.39, 0.29) is 6.61 Å². The SMILES string of the molecule is Cc1cc(CO)ccc1N1CC2CCC1C2. The average Bonchev–Trinajstić information content (AvgIpc) is 2.90. The van der Waals surface area contributed by atoms with Crippen molar-refractivity contribution in [1.82, 2.24) is 0 Å². The molecule has 0 aromatic heterocycles. The normalized spacial score (nSPS) is 27.8. The monoisotopic (exact) mass is 217 g/mol. The quantitative estimate of drug-likeness (QED) is 0.822. The lowest BCUT2D eigenvalue weighted by atomic mass is 10.1. The van der Waals surface area contributed by atoms with E-state index in [4.69, 9.17) is 5.11 Å². The van der Waals surface area contributed by atoms with Gasteiger partial charge in [-0.15, -0.1) is 0 Å². The Bertz CT molecular complexity index is 402. The zero-order chi connectivity index (χ0) is 11.1. The molecule has 86 valence electrons. The van der Waals surface area contributed by atoms with Crippen LogP contribution in [0.25, 0.3) is 0 Å². The van der Waals surface area contributed by atoms with E-state index in [2.05, 4.69) is 24.0 Å². The van der Waals surface area contributed by atoms with E-state index in [1.165, 1.54) is 37.1 Å². The summed E-state index contributed by atoms with van der Waals surface area (Å²) in [7, 11) is 0. The van der Waals surface area contributed by atoms with Crippen LogP contribution in [0.15, 0.2) is 18.2 Å². The Labute approximate surface area is 96.9 Å². The Balaban J connectivity index is 1.89. The van der Waals surface area contributed by atoms with Crippen molar-refractivity contribution in [2.45, 2.75) is 38.8 Å². The van der Waals surface area contributed by atoms with E-state index in [9.17, 15) is 0 Å². The minimum absolute atomic E-state index is 0.146. The van der Waals surface area contributed by atoms with Crippen LogP contribution in [0.4, 0.5) is 5.69 Å². The van der Waals surface area contributed by atoms with Crippen LogP contribution in [-0.4, -0.2) is 17.7 Å². The topological polar surface area (TPSA) is 23.5 Å². The highest BCUT2D eigenvalue weighted by atomic mass is 16.3. The van der Waals surface area contributed by atoms with Gasteiger partial charge in [-0.05, 0) is 49.3 Å². The predicted molar refractivity (Wildman–Crippen MR) is 65.6 cm³/mol. The third-order valence-corrected chi connectivity index (χ3v) is 4.16. The van der Waals surface area contributed by atoms with Crippen molar-refractivity contribution in [3.8, 4) is 0 Å². The molecule has 0 spiro atoms. The van der Waals surface area contributed by atoms with E-state index in [0.29, 0.717) is 0 Å². The summed E-state index contributed by atoms with van der Waals surface area (Å²) in [6.07, 6.45) is 4.18. The lowest BCUT2D eigenvalue weighted by Gasteiger charge is -2.30. The Hall–Kier alpha value is -1.02. The molecular formula is C14H19NO. The Morgan fingerprint density at radius 2 is 2.25 bits per heavy atom. The number of piperidine rings is 1. The van der Waals surface area contributed by atoms with Gasteiger partial charge in [0.25, 0.3) is 0 Å². The van der Waals surface area contributed by atoms with E-state index in [0.717, 1.165) is 17.5 Å². The summed E-state index contributed by atoms with van der Waals surface area (Å²) in [5.41, 5.74) is 3.70. The maximum absolute atomic E-state index is 9.11. The molecule has 0 radical (unpaired) electrons. The van der Waals surface area contributed by atoms with Crippen LogP contribution >= 0.6 is 0 Å². The second-order valence-corrected chi connectivity index (χ2v) is 5.26. The molecule has 1 N–H and O–H groups in total. The number of hydrogen-bond acceptors (Lipinski definition) is 2. The van der Waals surface area contributed by atoms with Gasteiger partial charge in [0.2, 0.25) is 0 Å². The standard InChI is InChI=1S/C14H19NO/c1-10-6-12(9-16)3-5-14(10)15-8-11-2-4-13(15)7-11/h3,5-6,11,13,16H,2,4,7-9H2,1H3. The minimum Gasteiger partial charge on any atom is -0.392 e. The van der Waals surface area contributed by atoms with Gasteiger partial charge < -0.3 is 10.0 Å². The number of hydrogen-bond donors (Lipinski definition) is 1. The van der Waals surface area contributed by atoms with E-state index in [1.807, 2.05) is 6.07 Å². The lowest BCUT2D eigenvalue weighted by Crippen LogP contribution is -2.32. The zero-order valence-electron chi connectivity index (χ0n) is 9.82. The highest BCUT2D eigenvalue weighted by Gasteiger charge is 2.38. The average molecular weight is 217 g/mol. The second kappa shape index (κ2) is 3.77. The molecule has 1 saturated heterocycles. The number of aryl methyl sites for hydroxylation is 1. The van der Waals surface area contributed by atoms with Crippen molar-refractivity contribution < 1.29 is 5.11 Å². The van der Waals surface area contributed by atoms with Crippen molar-refractivity contribution in [2.75, 3.05) is 11.4 Å². The number of anilines is 1. The molecule has 2 bridgehead atoms. The molecule has 16 heavy (non-hydrogen) atoms. The molecule has 1 aliphatic heterocycles. The Kier molecular flexibility index (Phi) is 2.40. The van der Waals surface area contributed by atoms with E-state index >= 15 is 0 Å². The van der Waals surface area contributed by atoms with Gasteiger partial charge in [0.05, 0.1) is 6.61 Å². The van der Waals surface area contributed by atoms with Crippen molar-refractivity contribution in [1.29, 1.82) is 0 Å². The highest BCUT2D eigenvalue weighted by Crippen LogP contribution is 2.41. The van der Waals surface area contributed by atoms with Gasteiger partial charge in [0.1, 0.15) is 0 Å². The summed E-state index contributed by atoms with van der Waals surface area (Å²) >= 11 is 0. The van der Waals surface area contributed by atoms with Crippen LogP contribution < -0.4 is 4.90 Å². The van der Waals surface area contributed by atoms with Crippen molar-refractivity contribution in [2.24, 2.45) is 5.92 Å². The second-order valence-electron chi connectivity index (χ2n) is 5.26. The lowest BCUT2D eigenvalue weighted by molar-refractivity contribution is 0.282. The van der Waals surface area contributed by atoms with Gasteiger partial charge >= 0.3 is 0 Å². The number of nitrogens with zero attached hydrogens (tertiary/aromatic N) is 1. The van der Waals surface area contributed by atoms with Gasteiger partial charge in [0.15, 0.2) is 0 Å². The van der Waals surface area contributed by atoms with Crippen LogP contribution in [0.3, 0.4) is 0 Å². The third kappa shape index (κ3) is 1.52. The van der Waals surface area contributed by atoms with Crippen LogP contribution in [0.1, 0.15) is 30.4 Å². The first-order chi connectivity index (χ1) is 7.78. The highest BCUT2D eigenvalue weighted by molar-refractivity contribution is 5.56. The van der Waals surface area contributed by atoms with E-state index in [1.54, 1.807) is 0 Å². The number of aliphatic hydroxyl groups is 1. The van der Waals surface area contributed by atoms with Crippen LogP contribution in [0.2, 0.25) is 0 Å². The summed E-state index contributed by atoms with van der Waals surface area (Å²) in [6, 6.07) is 7.13. The fourth-order valence-corrected chi connectivity index (χ4v) is 3.36. The molecule has 2 heteroatoms. The maximum atomic E-state index is 9.11. The van der Waals surface area contributed by atoms with Gasteiger partial charge in [-0.2, -0.15) is 0 Å². The number of benzene rings is 1. The Morgan fingerprint density at radius 3 is 2.81 bits per heavy atom. The number of rotatable bonds is 2. The summed E-state index contributed by atoms with van der Waals surface area (Å²) in [5, 5.41) is 9.11. The number of fused-ring (bicyclic) bond motifs is 2. The molecule has 1 aromatic rings. The summed E-state index contributed by atoms with van der Waals surface area (Å²) in [5.74, 6) is 0.932. The van der Waals surface area contributed by atoms with Gasteiger partial charge in [-0.3, -0.25) is 0 Å². The van der Waals surface area contributed by atoms with Crippen molar-refractivity contribution in [3.05, 3.63) is 29.3 Å². The summed E-state index contributed by atoms with van der Waals surface area (Å²) in [4.78, 5) is 2.57. The molecule has 2 atom stereocenters. The molecule has 2 fully saturated rings. The fraction of sp³-hybridized carbons (Fsp3) is 0.571. The van der Waals surface area contributed by atoms with E-state index < -0.39 is 0 Å². The van der Waals surface area contributed by atoms with Crippen molar-refractivity contribution in [3.63, 3.8) is 0 Å². The zero-order valence-corrected chi connectivity index (χ0v) is 9.82. The summed E-state index contributed by atoms with van der Waals surface area (Å²) in [6.45, 7) is 3.54. The van der Waals surface area contributed by atoms with Gasteiger partial charge in [0, 0.05) is 18.3 Å².